The predicted molar refractivity (Wildman–Crippen MR) is 92.5 cm³/mol. The summed E-state index contributed by atoms with van der Waals surface area (Å²) in [6.45, 7) is 2.85. The summed E-state index contributed by atoms with van der Waals surface area (Å²) in [5.74, 6) is 0.860. The minimum atomic E-state index is -0.403. The summed E-state index contributed by atoms with van der Waals surface area (Å²) in [5.41, 5.74) is 1.71. The van der Waals surface area contributed by atoms with Crippen molar-refractivity contribution in [1.82, 2.24) is 0 Å². The smallest absolute Gasteiger partial charge is 0.305 e. The van der Waals surface area contributed by atoms with E-state index < -0.39 is 5.60 Å². The molecule has 0 unspecified atom stereocenters. The molecule has 136 valence electrons. The van der Waals surface area contributed by atoms with Crippen LogP contribution in [0.2, 0.25) is 0 Å². The van der Waals surface area contributed by atoms with E-state index in [4.69, 9.17) is 14.2 Å². The van der Waals surface area contributed by atoms with E-state index in [1.54, 1.807) is 0 Å². The van der Waals surface area contributed by atoms with Crippen LogP contribution in [0.15, 0.2) is 18.2 Å². The second kappa shape index (κ2) is 7.56. The molecule has 3 rings (SSSR count). The quantitative estimate of drug-likeness (QED) is 0.584. The molecule has 2 heterocycles. The first-order valence-corrected chi connectivity index (χ1v) is 9.01. The second-order valence-electron chi connectivity index (χ2n) is 7.11. The molecule has 5 heteroatoms. The topological polar surface area (TPSA) is 61.8 Å². The molecule has 0 aliphatic carbocycles. The van der Waals surface area contributed by atoms with Gasteiger partial charge in [-0.3, -0.25) is 4.79 Å². The first-order chi connectivity index (χ1) is 12.1. The Labute approximate surface area is 148 Å². The number of carbonyl (C=O) groups is 2. The van der Waals surface area contributed by atoms with Gasteiger partial charge in [0.1, 0.15) is 17.6 Å². The second-order valence-corrected chi connectivity index (χ2v) is 7.11. The lowest BCUT2D eigenvalue weighted by Crippen LogP contribution is -2.49. The molecule has 1 aromatic carbocycles. The molecule has 0 radical (unpaired) electrons. The lowest BCUT2D eigenvalue weighted by atomic mass is 9.73. The SMILES string of the molecule is COC(=O)CCc1ccc2c(c1)O[C@](C)(CCC=O)[C@@H]1CCCO[C@@H]21. The van der Waals surface area contributed by atoms with Crippen LogP contribution in [0, 0.1) is 5.92 Å². The highest BCUT2D eigenvalue weighted by Gasteiger charge is 2.48. The van der Waals surface area contributed by atoms with Gasteiger partial charge in [0.2, 0.25) is 0 Å². The fraction of sp³-hybridized carbons (Fsp3) is 0.600. The zero-order valence-corrected chi connectivity index (χ0v) is 15.0. The van der Waals surface area contributed by atoms with Gasteiger partial charge in [-0.1, -0.05) is 12.1 Å². The lowest BCUT2D eigenvalue weighted by molar-refractivity contribution is -0.140. The van der Waals surface area contributed by atoms with Gasteiger partial charge in [-0.05, 0) is 44.2 Å². The van der Waals surface area contributed by atoms with Crippen molar-refractivity contribution in [2.24, 2.45) is 5.92 Å². The number of esters is 1. The Hall–Kier alpha value is -1.88. The maximum absolute atomic E-state index is 11.4. The molecule has 2 aliphatic rings. The van der Waals surface area contributed by atoms with E-state index in [1.165, 1.54) is 7.11 Å². The Morgan fingerprint density at radius 1 is 1.44 bits per heavy atom. The maximum Gasteiger partial charge on any atom is 0.305 e. The number of rotatable bonds is 6. The summed E-state index contributed by atoms with van der Waals surface area (Å²) in [4.78, 5) is 22.3. The van der Waals surface area contributed by atoms with Gasteiger partial charge in [0.15, 0.2) is 0 Å². The van der Waals surface area contributed by atoms with E-state index in [1.807, 2.05) is 12.1 Å². The molecule has 0 N–H and O–H groups in total. The number of fused-ring (bicyclic) bond motifs is 3. The first kappa shape index (κ1) is 17.9. The van der Waals surface area contributed by atoms with Crippen LogP contribution in [0.5, 0.6) is 5.75 Å². The normalized spacial score (nSPS) is 27.6. The van der Waals surface area contributed by atoms with Crippen LogP contribution in [-0.2, 0) is 25.5 Å². The van der Waals surface area contributed by atoms with Crippen LogP contribution in [-0.4, -0.2) is 31.6 Å². The highest BCUT2D eigenvalue weighted by molar-refractivity contribution is 5.69. The highest BCUT2D eigenvalue weighted by Crippen LogP contribution is 2.51. The Balaban J connectivity index is 1.86. The van der Waals surface area contributed by atoms with Crippen LogP contribution in [0.3, 0.4) is 0 Å². The van der Waals surface area contributed by atoms with Crippen LogP contribution >= 0.6 is 0 Å². The van der Waals surface area contributed by atoms with Gasteiger partial charge in [-0.2, -0.15) is 0 Å². The summed E-state index contributed by atoms with van der Waals surface area (Å²) in [5, 5.41) is 0. The van der Waals surface area contributed by atoms with Crippen LogP contribution in [0.4, 0.5) is 0 Å². The molecule has 0 amide bonds. The molecule has 0 saturated carbocycles. The fourth-order valence-corrected chi connectivity index (χ4v) is 4.03. The predicted octanol–water partition coefficient (Wildman–Crippen LogP) is 3.39. The van der Waals surface area contributed by atoms with Crippen molar-refractivity contribution in [2.75, 3.05) is 13.7 Å². The first-order valence-electron chi connectivity index (χ1n) is 9.01. The molecule has 1 fully saturated rings. The van der Waals surface area contributed by atoms with Gasteiger partial charge >= 0.3 is 5.97 Å². The van der Waals surface area contributed by atoms with Crippen molar-refractivity contribution in [3.63, 3.8) is 0 Å². The zero-order valence-electron chi connectivity index (χ0n) is 15.0. The van der Waals surface area contributed by atoms with Crippen LogP contribution in [0.25, 0.3) is 0 Å². The molecule has 1 aromatic rings. The van der Waals surface area contributed by atoms with Crippen molar-refractivity contribution in [1.29, 1.82) is 0 Å². The molecule has 1 saturated heterocycles. The van der Waals surface area contributed by atoms with Gasteiger partial charge in [0.25, 0.3) is 0 Å². The van der Waals surface area contributed by atoms with Crippen LogP contribution in [0.1, 0.15) is 56.3 Å². The third-order valence-corrected chi connectivity index (χ3v) is 5.44. The number of hydrogen-bond donors (Lipinski definition) is 0. The maximum atomic E-state index is 11.4. The summed E-state index contributed by atoms with van der Waals surface area (Å²) in [6.07, 6.45) is 5.17. The summed E-state index contributed by atoms with van der Waals surface area (Å²) >= 11 is 0. The van der Waals surface area contributed by atoms with Gasteiger partial charge in [-0.15, -0.1) is 0 Å². The molecule has 2 aliphatic heterocycles. The van der Waals surface area contributed by atoms with Crippen molar-refractivity contribution >= 4 is 12.3 Å². The minimum absolute atomic E-state index is 0.0174. The number of benzene rings is 1. The number of ether oxygens (including phenoxy) is 3. The van der Waals surface area contributed by atoms with Gasteiger partial charge < -0.3 is 19.0 Å². The van der Waals surface area contributed by atoms with E-state index in [0.29, 0.717) is 25.7 Å². The number of hydrogen-bond acceptors (Lipinski definition) is 5. The Morgan fingerprint density at radius 3 is 3.04 bits per heavy atom. The minimum Gasteiger partial charge on any atom is -0.487 e. The Bertz CT molecular complexity index is 641. The fourth-order valence-electron chi connectivity index (χ4n) is 4.03. The standard InChI is InChI=1S/C20H26O5/c1-20(10-4-11-21)16-5-3-12-24-19(16)15-8-6-14(13-17(15)25-20)7-9-18(22)23-2/h6,8,11,13,16,19H,3-5,7,9-10,12H2,1-2H3/t16-,19+,20-/m1/s1. The third-order valence-electron chi connectivity index (χ3n) is 5.44. The number of aldehydes is 1. The monoisotopic (exact) mass is 346 g/mol. The number of methoxy groups -OCH3 is 1. The Morgan fingerprint density at radius 2 is 2.28 bits per heavy atom. The average molecular weight is 346 g/mol. The van der Waals surface area contributed by atoms with E-state index in [0.717, 1.165) is 42.6 Å². The molecule has 0 bridgehead atoms. The molecule has 0 spiro atoms. The van der Waals surface area contributed by atoms with Gasteiger partial charge in [0, 0.05) is 30.9 Å². The van der Waals surface area contributed by atoms with Crippen molar-refractivity contribution < 1.29 is 23.8 Å². The molecular weight excluding hydrogens is 320 g/mol. The molecule has 25 heavy (non-hydrogen) atoms. The Kier molecular flexibility index (Phi) is 5.42. The van der Waals surface area contributed by atoms with Crippen molar-refractivity contribution in [2.45, 2.75) is 57.2 Å². The van der Waals surface area contributed by atoms with Gasteiger partial charge in [0.05, 0.1) is 13.2 Å². The van der Waals surface area contributed by atoms with Crippen molar-refractivity contribution in [3.05, 3.63) is 29.3 Å². The largest absolute Gasteiger partial charge is 0.487 e. The van der Waals surface area contributed by atoms with E-state index in [-0.39, 0.29) is 18.0 Å². The van der Waals surface area contributed by atoms with E-state index in [9.17, 15) is 9.59 Å². The molecule has 5 nitrogen and oxygen atoms in total. The summed E-state index contributed by atoms with van der Waals surface area (Å²) < 4.78 is 17.2. The van der Waals surface area contributed by atoms with Crippen molar-refractivity contribution in [3.8, 4) is 5.75 Å². The molecule has 3 atom stereocenters. The average Bonchev–Trinajstić information content (AvgIpc) is 2.64. The zero-order chi connectivity index (χ0) is 17.9. The summed E-state index contributed by atoms with van der Waals surface area (Å²) in [7, 11) is 1.40. The number of aryl methyl sites for hydroxylation is 1. The van der Waals surface area contributed by atoms with E-state index >= 15 is 0 Å². The molecule has 0 aromatic heterocycles. The summed E-state index contributed by atoms with van der Waals surface area (Å²) in [6, 6.07) is 6.10. The molecular formula is C20H26O5. The van der Waals surface area contributed by atoms with E-state index in [2.05, 4.69) is 13.0 Å². The third kappa shape index (κ3) is 3.71. The highest BCUT2D eigenvalue weighted by atomic mass is 16.5. The van der Waals surface area contributed by atoms with Crippen LogP contribution < -0.4 is 4.74 Å². The van der Waals surface area contributed by atoms with Gasteiger partial charge in [-0.25, -0.2) is 0 Å². The number of carbonyl (C=O) groups excluding carboxylic acids is 2. The lowest BCUT2D eigenvalue weighted by Gasteiger charge is -2.48.